The molecule has 2 aromatic rings. The van der Waals surface area contributed by atoms with Gasteiger partial charge < -0.3 is 4.74 Å². The Morgan fingerprint density at radius 3 is 2.65 bits per heavy atom. The maximum absolute atomic E-state index is 11.7. The second-order valence-electron chi connectivity index (χ2n) is 4.22. The van der Waals surface area contributed by atoms with Crippen LogP contribution in [0.3, 0.4) is 0 Å². The molecule has 1 heterocycles. The van der Waals surface area contributed by atoms with E-state index in [2.05, 4.69) is 10.5 Å². The summed E-state index contributed by atoms with van der Waals surface area (Å²) in [6, 6.07) is 11.4. The average molecular weight is 288 g/mol. The number of amides is 1. The van der Waals surface area contributed by atoms with Gasteiger partial charge in [0.25, 0.3) is 0 Å². The molecule has 2 rings (SSSR count). The van der Waals surface area contributed by atoms with Crippen molar-refractivity contribution in [1.82, 2.24) is 5.43 Å². The monoisotopic (exact) mass is 288 g/mol. The molecule has 0 saturated heterocycles. The minimum absolute atomic E-state index is 0.111. The van der Waals surface area contributed by atoms with Gasteiger partial charge in [-0.05, 0) is 48.2 Å². The first-order valence-corrected chi connectivity index (χ1v) is 7.07. The Labute approximate surface area is 122 Å². The van der Waals surface area contributed by atoms with Crippen molar-refractivity contribution in [3.8, 4) is 5.75 Å². The largest absolute Gasteiger partial charge is 0.497 e. The van der Waals surface area contributed by atoms with Crippen molar-refractivity contribution in [2.45, 2.75) is 13.3 Å². The van der Waals surface area contributed by atoms with Crippen LogP contribution in [0.25, 0.3) is 0 Å². The van der Waals surface area contributed by atoms with E-state index in [0.717, 1.165) is 21.9 Å². The van der Waals surface area contributed by atoms with Crippen LogP contribution in [0.2, 0.25) is 0 Å². The second kappa shape index (κ2) is 6.86. The van der Waals surface area contributed by atoms with Crippen molar-refractivity contribution in [1.29, 1.82) is 0 Å². The molecule has 1 aromatic heterocycles. The van der Waals surface area contributed by atoms with Crippen LogP contribution in [0, 0.1) is 0 Å². The first kappa shape index (κ1) is 14.3. The number of carbonyl (C=O) groups excluding carboxylic acids is 1. The van der Waals surface area contributed by atoms with Gasteiger partial charge in [0.1, 0.15) is 5.75 Å². The van der Waals surface area contributed by atoms with Crippen LogP contribution in [0.4, 0.5) is 0 Å². The van der Waals surface area contributed by atoms with Crippen LogP contribution in [0.5, 0.6) is 5.75 Å². The highest BCUT2D eigenvalue weighted by molar-refractivity contribution is 7.10. The minimum Gasteiger partial charge on any atom is -0.497 e. The Morgan fingerprint density at radius 1 is 1.30 bits per heavy atom. The van der Waals surface area contributed by atoms with Crippen LogP contribution in [-0.2, 0) is 11.2 Å². The number of rotatable bonds is 5. The molecular formula is C15H16N2O2S. The fraction of sp³-hybridized carbons (Fsp3) is 0.200. The highest BCUT2D eigenvalue weighted by Crippen LogP contribution is 2.12. The molecule has 0 aliphatic rings. The van der Waals surface area contributed by atoms with Gasteiger partial charge in [0.15, 0.2) is 0 Å². The molecule has 5 heteroatoms. The number of nitrogens with zero attached hydrogens (tertiary/aromatic N) is 1. The maximum atomic E-state index is 11.7. The zero-order valence-corrected chi connectivity index (χ0v) is 12.2. The number of benzene rings is 1. The van der Waals surface area contributed by atoms with E-state index < -0.39 is 0 Å². The van der Waals surface area contributed by atoms with Gasteiger partial charge in [-0.2, -0.15) is 5.10 Å². The van der Waals surface area contributed by atoms with Crippen LogP contribution >= 0.6 is 11.3 Å². The zero-order chi connectivity index (χ0) is 14.4. The number of hydrogen-bond acceptors (Lipinski definition) is 4. The van der Waals surface area contributed by atoms with Gasteiger partial charge in [-0.1, -0.05) is 6.07 Å². The first-order valence-electron chi connectivity index (χ1n) is 6.19. The molecule has 1 aromatic carbocycles. The van der Waals surface area contributed by atoms with Crippen LogP contribution < -0.4 is 10.2 Å². The number of nitrogens with one attached hydrogen (secondary N) is 1. The van der Waals surface area contributed by atoms with Crippen molar-refractivity contribution in [2.24, 2.45) is 5.10 Å². The summed E-state index contributed by atoms with van der Waals surface area (Å²) in [4.78, 5) is 12.7. The van der Waals surface area contributed by atoms with Gasteiger partial charge in [-0.25, -0.2) is 5.43 Å². The molecule has 0 aliphatic carbocycles. The third-order valence-corrected chi connectivity index (χ3v) is 3.65. The molecule has 0 fully saturated rings. The number of carbonyl (C=O) groups is 1. The van der Waals surface area contributed by atoms with Crippen molar-refractivity contribution in [3.05, 3.63) is 52.2 Å². The number of thiophene rings is 1. The lowest BCUT2D eigenvalue weighted by Crippen LogP contribution is -2.20. The van der Waals surface area contributed by atoms with Gasteiger partial charge in [-0.3, -0.25) is 4.79 Å². The molecule has 20 heavy (non-hydrogen) atoms. The molecule has 4 nitrogen and oxygen atoms in total. The summed E-state index contributed by atoms with van der Waals surface area (Å²) < 4.78 is 5.10. The number of hydrazone groups is 1. The summed E-state index contributed by atoms with van der Waals surface area (Å²) in [7, 11) is 1.63. The Bertz CT molecular complexity index is 589. The van der Waals surface area contributed by atoms with Gasteiger partial charge in [0.2, 0.25) is 5.91 Å². The van der Waals surface area contributed by atoms with E-state index in [4.69, 9.17) is 4.74 Å². The number of methoxy groups -OCH3 is 1. The predicted octanol–water partition coefficient (Wildman–Crippen LogP) is 2.84. The highest BCUT2D eigenvalue weighted by Gasteiger charge is 2.04. The standard InChI is InChI=1S/C15H16N2O2S/c1-11(12-5-7-13(19-2)8-6-12)16-17-15(18)10-14-4-3-9-20-14/h3-9H,10H2,1-2H3,(H,17,18)/b16-11-. The lowest BCUT2D eigenvalue weighted by molar-refractivity contribution is -0.120. The molecule has 1 amide bonds. The van der Waals surface area contributed by atoms with E-state index in [1.54, 1.807) is 18.4 Å². The summed E-state index contributed by atoms with van der Waals surface area (Å²) in [5, 5.41) is 6.06. The third kappa shape index (κ3) is 3.93. The normalized spacial score (nSPS) is 11.2. The van der Waals surface area contributed by atoms with Crippen molar-refractivity contribution in [3.63, 3.8) is 0 Å². The van der Waals surface area contributed by atoms with E-state index >= 15 is 0 Å². The Balaban J connectivity index is 1.94. The van der Waals surface area contributed by atoms with Gasteiger partial charge in [0, 0.05) is 4.88 Å². The molecule has 0 unspecified atom stereocenters. The van der Waals surface area contributed by atoms with Crippen molar-refractivity contribution < 1.29 is 9.53 Å². The van der Waals surface area contributed by atoms with E-state index in [1.807, 2.05) is 48.7 Å². The number of hydrogen-bond donors (Lipinski definition) is 1. The zero-order valence-electron chi connectivity index (χ0n) is 11.4. The van der Waals surface area contributed by atoms with Crippen molar-refractivity contribution >= 4 is 23.0 Å². The Hall–Kier alpha value is -2.14. The van der Waals surface area contributed by atoms with Crippen LogP contribution in [0.1, 0.15) is 17.4 Å². The third-order valence-electron chi connectivity index (χ3n) is 2.77. The second-order valence-corrected chi connectivity index (χ2v) is 5.25. The Morgan fingerprint density at radius 2 is 2.05 bits per heavy atom. The van der Waals surface area contributed by atoms with Crippen LogP contribution in [0.15, 0.2) is 46.9 Å². The smallest absolute Gasteiger partial charge is 0.245 e. The van der Waals surface area contributed by atoms with E-state index in [0.29, 0.717) is 6.42 Å². The fourth-order valence-corrected chi connectivity index (χ4v) is 2.36. The maximum Gasteiger partial charge on any atom is 0.245 e. The summed E-state index contributed by atoms with van der Waals surface area (Å²) in [6.07, 6.45) is 0.358. The summed E-state index contributed by atoms with van der Waals surface area (Å²) >= 11 is 1.56. The SMILES string of the molecule is COc1ccc(/C(C)=N\NC(=O)Cc2cccs2)cc1. The predicted molar refractivity (Wildman–Crippen MR) is 81.4 cm³/mol. The molecule has 104 valence electrons. The topological polar surface area (TPSA) is 50.7 Å². The average Bonchev–Trinajstić information content (AvgIpc) is 2.97. The van der Waals surface area contributed by atoms with Gasteiger partial charge >= 0.3 is 0 Å². The summed E-state index contributed by atoms with van der Waals surface area (Å²) in [6.45, 7) is 1.85. The molecular weight excluding hydrogens is 272 g/mol. The van der Waals surface area contributed by atoms with Gasteiger partial charge in [0.05, 0.1) is 19.2 Å². The molecule has 0 saturated carbocycles. The van der Waals surface area contributed by atoms with E-state index in [-0.39, 0.29) is 5.91 Å². The molecule has 0 bridgehead atoms. The summed E-state index contributed by atoms with van der Waals surface area (Å²) in [5.41, 5.74) is 4.28. The quantitative estimate of drug-likeness (QED) is 0.679. The number of ether oxygens (including phenoxy) is 1. The van der Waals surface area contributed by atoms with Crippen LogP contribution in [-0.4, -0.2) is 18.7 Å². The lowest BCUT2D eigenvalue weighted by atomic mass is 10.1. The van der Waals surface area contributed by atoms with Crippen molar-refractivity contribution in [2.75, 3.05) is 7.11 Å². The van der Waals surface area contributed by atoms with E-state index in [1.165, 1.54) is 0 Å². The molecule has 1 N–H and O–H groups in total. The first-order chi connectivity index (χ1) is 9.69. The highest BCUT2D eigenvalue weighted by atomic mass is 32.1. The van der Waals surface area contributed by atoms with E-state index in [9.17, 15) is 4.79 Å². The fourth-order valence-electron chi connectivity index (χ4n) is 1.65. The Kier molecular flexibility index (Phi) is 4.90. The minimum atomic E-state index is -0.111. The molecule has 0 spiro atoms. The molecule has 0 radical (unpaired) electrons. The van der Waals surface area contributed by atoms with Gasteiger partial charge in [-0.15, -0.1) is 11.3 Å². The molecule has 0 aliphatic heterocycles. The molecule has 0 atom stereocenters. The lowest BCUT2D eigenvalue weighted by Gasteiger charge is -2.04. The summed E-state index contributed by atoms with van der Waals surface area (Å²) in [5.74, 6) is 0.684.